The third kappa shape index (κ3) is 6.01. The van der Waals surface area contributed by atoms with Crippen LogP contribution in [0, 0.1) is 11.8 Å². The van der Waals surface area contributed by atoms with Gasteiger partial charge in [0, 0.05) is 5.92 Å². The molecule has 0 unspecified atom stereocenters. The van der Waals surface area contributed by atoms with Gasteiger partial charge in [-0.15, -0.1) is 0 Å². The summed E-state index contributed by atoms with van der Waals surface area (Å²) in [6, 6.07) is 0. The zero-order valence-electron chi connectivity index (χ0n) is 13.1. The van der Waals surface area contributed by atoms with Crippen molar-refractivity contribution in [3.8, 4) is 0 Å². The molecule has 1 aliphatic rings. The van der Waals surface area contributed by atoms with Gasteiger partial charge in [0.1, 0.15) is 0 Å². The van der Waals surface area contributed by atoms with Crippen LogP contribution in [-0.2, 0) is 9.47 Å². The summed E-state index contributed by atoms with van der Waals surface area (Å²) < 4.78 is 12.1. The summed E-state index contributed by atoms with van der Waals surface area (Å²) in [7, 11) is 0. The molecule has 0 bridgehead atoms. The summed E-state index contributed by atoms with van der Waals surface area (Å²) in [4.78, 5) is 0. The molecule has 0 saturated heterocycles. The lowest BCUT2D eigenvalue weighted by Gasteiger charge is -2.36. The third-order valence-corrected chi connectivity index (χ3v) is 2.98. The number of hydrogen-bond acceptors (Lipinski definition) is 2. The van der Waals surface area contributed by atoms with Gasteiger partial charge in [-0.1, -0.05) is 19.1 Å². The molecule has 0 amide bonds. The predicted octanol–water partition coefficient (Wildman–Crippen LogP) is 4.20. The van der Waals surface area contributed by atoms with Crippen molar-refractivity contribution in [2.75, 3.05) is 6.61 Å². The Labute approximate surface area is 113 Å². The molecule has 0 heterocycles. The molecule has 0 spiro atoms. The van der Waals surface area contributed by atoms with Crippen LogP contribution >= 0.6 is 0 Å². The molecule has 0 aromatic carbocycles. The summed E-state index contributed by atoms with van der Waals surface area (Å²) in [6.45, 7) is 15.7. The van der Waals surface area contributed by atoms with Crippen LogP contribution in [0.25, 0.3) is 0 Å². The summed E-state index contributed by atoms with van der Waals surface area (Å²) in [6.07, 6.45) is 5.92. The molecule has 2 nitrogen and oxygen atoms in total. The van der Waals surface area contributed by atoms with Crippen LogP contribution in [0.5, 0.6) is 0 Å². The Morgan fingerprint density at radius 2 is 1.61 bits per heavy atom. The first-order valence-electron chi connectivity index (χ1n) is 7.07. The number of allylic oxidation sites excluding steroid dienone is 1. The van der Waals surface area contributed by atoms with Gasteiger partial charge in [-0.05, 0) is 53.9 Å². The van der Waals surface area contributed by atoms with Gasteiger partial charge in [-0.2, -0.15) is 0 Å². The standard InChI is InChI=1S/C16H30O2/c1-12-8-9-13(11-17-15(2,3)4)14(10-12)18-16(5,6)7/h8-9,12-14H,10-11H2,1-7H3/t12-,13-,14-/m1/s1. The lowest BCUT2D eigenvalue weighted by atomic mass is 9.86. The average molecular weight is 254 g/mol. The monoisotopic (exact) mass is 254 g/mol. The van der Waals surface area contributed by atoms with Crippen LogP contribution in [0.15, 0.2) is 12.2 Å². The van der Waals surface area contributed by atoms with Gasteiger partial charge in [0.2, 0.25) is 0 Å². The molecule has 0 aromatic rings. The first-order chi connectivity index (χ1) is 8.07. The van der Waals surface area contributed by atoms with E-state index in [4.69, 9.17) is 9.47 Å². The normalized spacial score (nSPS) is 29.6. The molecule has 0 aromatic heterocycles. The molecule has 18 heavy (non-hydrogen) atoms. The van der Waals surface area contributed by atoms with Gasteiger partial charge in [-0.3, -0.25) is 0 Å². The highest BCUT2D eigenvalue weighted by molar-refractivity contribution is 5.02. The van der Waals surface area contributed by atoms with E-state index < -0.39 is 0 Å². The third-order valence-electron chi connectivity index (χ3n) is 2.98. The maximum Gasteiger partial charge on any atom is 0.0672 e. The van der Waals surface area contributed by atoms with E-state index in [0.29, 0.717) is 11.8 Å². The molecule has 0 radical (unpaired) electrons. The van der Waals surface area contributed by atoms with Crippen molar-refractivity contribution in [3.05, 3.63) is 12.2 Å². The number of hydrogen-bond donors (Lipinski definition) is 0. The molecule has 106 valence electrons. The van der Waals surface area contributed by atoms with E-state index in [9.17, 15) is 0 Å². The zero-order valence-corrected chi connectivity index (χ0v) is 13.1. The van der Waals surface area contributed by atoms with E-state index in [0.717, 1.165) is 13.0 Å². The first kappa shape index (κ1) is 15.7. The maximum absolute atomic E-state index is 6.20. The van der Waals surface area contributed by atoms with E-state index in [1.807, 2.05) is 0 Å². The second-order valence-corrected chi connectivity index (χ2v) is 7.45. The molecular formula is C16H30O2. The quantitative estimate of drug-likeness (QED) is 0.703. The van der Waals surface area contributed by atoms with Gasteiger partial charge >= 0.3 is 0 Å². The van der Waals surface area contributed by atoms with Crippen LogP contribution in [0.3, 0.4) is 0 Å². The van der Waals surface area contributed by atoms with Crippen LogP contribution < -0.4 is 0 Å². The van der Waals surface area contributed by atoms with E-state index in [2.05, 4.69) is 60.6 Å². The summed E-state index contributed by atoms with van der Waals surface area (Å²) in [5.41, 5.74) is -0.168. The molecule has 0 fully saturated rings. The van der Waals surface area contributed by atoms with Gasteiger partial charge in [0.25, 0.3) is 0 Å². The minimum Gasteiger partial charge on any atom is -0.375 e. The molecule has 2 heteroatoms. The van der Waals surface area contributed by atoms with E-state index in [1.165, 1.54) is 0 Å². The van der Waals surface area contributed by atoms with Crippen LogP contribution in [0.1, 0.15) is 54.9 Å². The highest BCUT2D eigenvalue weighted by Crippen LogP contribution is 2.29. The molecule has 0 saturated carbocycles. The summed E-state index contributed by atoms with van der Waals surface area (Å²) in [5, 5.41) is 0. The molecule has 0 aliphatic heterocycles. The van der Waals surface area contributed by atoms with Crippen LogP contribution in [-0.4, -0.2) is 23.9 Å². The number of rotatable bonds is 3. The van der Waals surface area contributed by atoms with Crippen molar-refractivity contribution >= 4 is 0 Å². The molecule has 1 rings (SSSR count). The fourth-order valence-corrected chi connectivity index (χ4v) is 2.17. The second-order valence-electron chi connectivity index (χ2n) is 7.45. The molecule has 3 atom stereocenters. The fraction of sp³-hybridized carbons (Fsp3) is 0.875. The Bertz CT molecular complexity index is 280. The van der Waals surface area contributed by atoms with Crippen molar-refractivity contribution in [2.45, 2.75) is 72.2 Å². The lowest BCUT2D eigenvalue weighted by Crippen LogP contribution is -2.38. The Kier molecular flexibility index (Phi) is 5.02. The van der Waals surface area contributed by atoms with Gasteiger partial charge in [0.05, 0.1) is 23.9 Å². The van der Waals surface area contributed by atoms with Gasteiger partial charge in [0.15, 0.2) is 0 Å². The lowest BCUT2D eigenvalue weighted by molar-refractivity contribution is -0.110. The summed E-state index contributed by atoms with van der Waals surface area (Å²) >= 11 is 0. The Morgan fingerprint density at radius 3 is 2.11 bits per heavy atom. The van der Waals surface area contributed by atoms with Crippen molar-refractivity contribution < 1.29 is 9.47 Å². The largest absolute Gasteiger partial charge is 0.375 e. The van der Waals surface area contributed by atoms with Crippen LogP contribution in [0.2, 0.25) is 0 Å². The van der Waals surface area contributed by atoms with Gasteiger partial charge < -0.3 is 9.47 Å². The maximum atomic E-state index is 6.20. The van der Waals surface area contributed by atoms with Gasteiger partial charge in [-0.25, -0.2) is 0 Å². The topological polar surface area (TPSA) is 18.5 Å². The highest BCUT2D eigenvalue weighted by atomic mass is 16.5. The SMILES string of the molecule is C[C@@H]1C=C[C@H](COC(C)(C)C)[C@H](OC(C)(C)C)C1. The minimum atomic E-state index is -0.0877. The fourth-order valence-electron chi connectivity index (χ4n) is 2.17. The van der Waals surface area contributed by atoms with E-state index >= 15 is 0 Å². The van der Waals surface area contributed by atoms with Crippen molar-refractivity contribution in [1.82, 2.24) is 0 Å². The van der Waals surface area contributed by atoms with Crippen molar-refractivity contribution in [3.63, 3.8) is 0 Å². The average Bonchev–Trinajstić information content (AvgIpc) is 2.12. The van der Waals surface area contributed by atoms with Crippen LogP contribution in [0.4, 0.5) is 0 Å². The Balaban J connectivity index is 2.63. The molecule has 1 aliphatic carbocycles. The van der Waals surface area contributed by atoms with Crippen molar-refractivity contribution in [1.29, 1.82) is 0 Å². The smallest absolute Gasteiger partial charge is 0.0672 e. The molecular weight excluding hydrogens is 224 g/mol. The summed E-state index contributed by atoms with van der Waals surface area (Å²) in [5.74, 6) is 0.975. The van der Waals surface area contributed by atoms with E-state index in [-0.39, 0.29) is 17.3 Å². The molecule has 0 N–H and O–H groups in total. The zero-order chi connectivity index (χ0) is 14.0. The highest BCUT2D eigenvalue weighted by Gasteiger charge is 2.30. The first-order valence-corrected chi connectivity index (χ1v) is 7.07. The number of ether oxygens (including phenoxy) is 2. The van der Waals surface area contributed by atoms with E-state index in [1.54, 1.807) is 0 Å². The van der Waals surface area contributed by atoms with Crippen molar-refractivity contribution in [2.24, 2.45) is 11.8 Å². The second kappa shape index (κ2) is 5.75. The Hall–Kier alpha value is -0.340. The predicted molar refractivity (Wildman–Crippen MR) is 76.7 cm³/mol. The minimum absolute atomic E-state index is 0.0802. The Morgan fingerprint density at radius 1 is 1.00 bits per heavy atom.